The van der Waals surface area contributed by atoms with Crippen LogP contribution in [0, 0.1) is 23.6 Å². The third-order valence-electron chi connectivity index (χ3n) is 6.98. The van der Waals surface area contributed by atoms with Gasteiger partial charge in [0, 0.05) is 24.8 Å². The Morgan fingerprint density at radius 1 is 1.26 bits per heavy atom. The van der Waals surface area contributed by atoms with Crippen LogP contribution < -0.4 is 21.1 Å². The number of rotatable bonds is 7. The smallest absolute Gasteiger partial charge is 0.229 e. The molecular formula is C24H28ClFN6O2. The summed E-state index contributed by atoms with van der Waals surface area (Å²) in [6.07, 6.45) is 8.06. The average molecular weight is 487 g/mol. The number of nitrogens with two attached hydrogens (primary N) is 1. The summed E-state index contributed by atoms with van der Waals surface area (Å²) in [5, 5.41) is 6.63. The van der Waals surface area contributed by atoms with Crippen molar-refractivity contribution in [1.29, 1.82) is 0 Å². The van der Waals surface area contributed by atoms with E-state index in [9.17, 15) is 9.18 Å². The molecule has 2 bridgehead atoms. The second-order valence-corrected chi connectivity index (χ2v) is 9.73. The molecule has 2 aliphatic carbocycles. The zero-order valence-corrected chi connectivity index (χ0v) is 19.6. The first-order valence-corrected chi connectivity index (χ1v) is 11.9. The lowest BCUT2D eigenvalue weighted by molar-refractivity contribution is -0.122. The highest BCUT2D eigenvalue weighted by Gasteiger charge is 2.47. The van der Waals surface area contributed by atoms with Crippen molar-refractivity contribution in [2.45, 2.75) is 31.4 Å². The third kappa shape index (κ3) is 4.67. The molecule has 2 aromatic rings. The number of carbonyl (C=O) groups excluding carboxylic acids is 1. The predicted octanol–water partition coefficient (Wildman–Crippen LogP) is 3.57. The maximum absolute atomic E-state index is 14.5. The summed E-state index contributed by atoms with van der Waals surface area (Å²) in [4.78, 5) is 22.6. The number of primary amides is 1. The number of allylic oxidation sites excluding steroid dienone is 1. The molecule has 1 unspecified atom stereocenters. The Hall–Kier alpha value is -2.91. The van der Waals surface area contributed by atoms with Gasteiger partial charge in [-0.3, -0.25) is 4.79 Å². The van der Waals surface area contributed by atoms with E-state index in [4.69, 9.17) is 22.1 Å². The molecule has 1 saturated heterocycles. The molecule has 1 aromatic heterocycles. The number of halogens is 2. The number of amides is 1. The van der Waals surface area contributed by atoms with Crippen molar-refractivity contribution in [1.82, 2.24) is 14.9 Å². The fraction of sp³-hybridized carbons (Fsp3) is 0.458. The van der Waals surface area contributed by atoms with E-state index >= 15 is 0 Å². The second kappa shape index (κ2) is 9.38. The highest BCUT2D eigenvalue weighted by atomic mass is 35.5. The van der Waals surface area contributed by atoms with Gasteiger partial charge in [0.1, 0.15) is 11.9 Å². The normalized spacial score (nSPS) is 26.6. The fourth-order valence-corrected chi connectivity index (χ4v) is 5.40. The topological polar surface area (TPSA) is 105 Å². The summed E-state index contributed by atoms with van der Waals surface area (Å²) in [7, 11) is 2.10. The number of likely N-dealkylation sites (tertiary alicyclic amines) is 1. The molecule has 5 rings (SSSR count). The first kappa shape index (κ1) is 22.9. The molecule has 0 radical (unpaired) electrons. The van der Waals surface area contributed by atoms with Gasteiger partial charge in [0.25, 0.3) is 0 Å². The molecule has 1 aliphatic heterocycles. The fourth-order valence-electron chi connectivity index (χ4n) is 5.18. The monoisotopic (exact) mass is 486 g/mol. The second-order valence-electron chi connectivity index (χ2n) is 9.33. The number of ether oxygens (including phenoxy) is 1. The van der Waals surface area contributed by atoms with Gasteiger partial charge in [0.05, 0.1) is 17.1 Å². The molecule has 1 saturated carbocycles. The standard InChI is InChI=1S/C24H28ClFN6O2/c1-32-8-6-16(7-9-32)34-19-5-4-15(11-17(19)25)29-24-28-12-18(26)23(31-24)30-21-14-3-2-13(10-14)20(21)22(27)33/h2-5,11-14,16,20-21H,6-10H2,1H3,(H2,27,33)(H2,28,29,30,31)/t13?,14-,20-,21+/m0/s1. The van der Waals surface area contributed by atoms with E-state index < -0.39 is 11.7 Å². The van der Waals surface area contributed by atoms with Crippen molar-refractivity contribution >= 4 is 35.0 Å². The minimum Gasteiger partial charge on any atom is -0.489 e. The number of aromatic nitrogens is 2. The van der Waals surface area contributed by atoms with E-state index in [1.165, 1.54) is 0 Å². The predicted molar refractivity (Wildman–Crippen MR) is 129 cm³/mol. The number of nitrogens with one attached hydrogen (secondary N) is 2. The van der Waals surface area contributed by atoms with Crippen LogP contribution in [0.15, 0.2) is 36.5 Å². The van der Waals surface area contributed by atoms with Gasteiger partial charge in [-0.2, -0.15) is 4.98 Å². The van der Waals surface area contributed by atoms with Gasteiger partial charge in [-0.25, -0.2) is 9.37 Å². The Balaban J connectivity index is 1.27. The zero-order valence-electron chi connectivity index (χ0n) is 18.9. The molecule has 180 valence electrons. The van der Waals surface area contributed by atoms with Gasteiger partial charge in [0.15, 0.2) is 11.6 Å². The highest BCUT2D eigenvalue weighted by Crippen LogP contribution is 2.45. The Labute approximate surface area is 202 Å². The summed E-state index contributed by atoms with van der Waals surface area (Å²) in [6, 6.07) is 5.07. The zero-order chi connectivity index (χ0) is 23.8. The maximum Gasteiger partial charge on any atom is 0.229 e. The van der Waals surface area contributed by atoms with E-state index in [0.29, 0.717) is 16.5 Å². The van der Waals surface area contributed by atoms with E-state index in [-0.39, 0.29) is 41.7 Å². The SMILES string of the molecule is CN1CCC(Oc2ccc(Nc3ncc(F)c(N[C@@H]4[C@H]5C=CC(C5)[C@@H]4C(N)=O)n3)cc2Cl)CC1. The minimum absolute atomic E-state index is 0.0306. The molecular weight excluding hydrogens is 459 g/mol. The number of piperidine rings is 1. The number of nitrogens with zero attached hydrogens (tertiary/aromatic N) is 3. The van der Waals surface area contributed by atoms with Crippen LogP contribution in [0.5, 0.6) is 5.75 Å². The van der Waals surface area contributed by atoms with Gasteiger partial charge in [-0.05, 0) is 56.3 Å². The molecule has 2 fully saturated rings. The number of hydrogen-bond donors (Lipinski definition) is 3. The molecule has 1 amide bonds. The van der Waals surface area contributed by atoms with Crippen molar-refractivity contribution in [2.24, 2.45) is 23.5 Å². The van der Waals surface area contributed by atoms with Crippen molar-refractivity contribution in [3.05, 3.63) is 47.4 Å². The van der Waals surface area contributed by atoms with Crippen molar-refractivity contribution in [2.75, 3.05) is 30.8 Å². The first-order chi connectivity index (χ1) is 16.4. The number of benzene rings is 1. The number of anilines is 3. The molecule has 4 atom stereocenters. The van der Waals surface area contributed by atoms with Crippen molar-refractivity contribution in [3.63, 3.8) is 0 Å². The van der Waals surface area contributed by atoms with Crippen LogP contribution in [0.1, 0.15) is 19.3 Å². The Bertz CT molecular complexity index is 1110. The lowest BCUT2D eigenvalue weighted by atomic mass is 9.88. The summed E-state index contributed by atoms with van der Waals surface area (Å²) < 4.78 is 20.6. The van der Waals surface area contributed by atoms with Crippen LogP contribution in [0.3, 0.4) is 0 Å². The summed E-state index contributed by atoms with van der Waals surface area (Å²) in [5.74, 6) is -0.312. The van der Waals surface area contributed by atoms with Crippen LogP contribution in [-0.4, -0.2) is 53.1 Å². The van der Waals surface area contributed by atoms with E-state index in [1.807, 2.05) is 18.2 Å². The largest absolute Gasteiger partial charge is 0.489 e. The van der Waals surface area contributed by atoms with E-state index in [0.717, 1.165) is 38.5 Å². The molecule has 0 spiro atoms. The molecule has 8 nitrogen and oxygen atoms in total. The molecule has 4 N–H and O–H groups in total. The number of fused-ring (bicyclic) bond motifs is 2. The molecule has 1 aromatic carbocycles. The number of carbonyl (C=O) groups is 1. The lowest BCUT2D eigenvalue weighted by Crippen LogP contribution is -2.41. The summed E-state index contributed by atoms with van der Waals surface area (Å²) in [5.41, 5.74) is 6.26. The van der Waals surface area contributed by atoms with E-state index in [1.54, 1.807) is 6.07 Å². The van der Waals surface area contributed by atoms with Gasteiger partial charge in [-0.15, -0.1) is 0 Å². The Kier molecular flexibility index (Phi) is 6.31. The van der Waals surface area contributed by atoms with Gasteiger partial charge in [0.2, 0.25) is 11.9 Å². The average Bonchev–Trinajstić information content (AvgIpc) is 3.41. The Morgan fingerprint density at radius 2 is 2.03 bits per heavy atom. The molecule has 10 heteroatoms. The van der Waals surface area contributed by atoms with Crippen molar-refractivity contribution < 1.29 is 13.9 Å². The van der Waals surface area contributed by atoms with Crippen LogP contribution in [0.25, 0.3) is 0 Å². The molecule has 3 aliphatic rings. The Morgan fingerprint density at radius 3 is 2.76 bits per heavy atom. The molecule has 34 heavy (non-hydrogen) atoms. The van der Waals surface area contributed by atoms with Crippen LogP contribution >= 0.6 is 11.6 Å². The highest BCUT2D eigenvalue weighted by molar-refractivity contribution is 6.32. The lowest BCUT2D eigenvalue weighted by Gasteiger charge is -2.29. The minimum atomic E-state index is -0.597. The summed E-state index contributed by atoms with van der Waals surface area (Å²) in [6.45, 7) is 2.00. The van der Waals surface area contributed by atoms with Crippen molar-refractivity contribution in [3.8, 4) is 5.75 Å². The van der Waals surface area contributed by atoms with E-state index in [2.05, 4.69) is 38.6 Å². The maximum atomic E-state index is 14.5. The number of hydrogen-bond acceptors (Lipinski definition) is 7. The van der Waals surface area contributed by atoms with Gasteiger partial charge >= 0.3 is 0 Å². The quantitative estimate of drug-likeness (QED) is 0.514. The van der Waals surface area contributed by atoms with Crippen LogP contribution in [-0.2, 0) is 4.79 Å². The van der Waals surface area contributed by atoms with Crippen LogP contribution in [0.2, 0.25) is 5.02 Å². The van der Waals surface area contributed by atoms with Crippen LogP contribution in [0.4, 0.5) is 21.8 Å². The third-order valence-corrected chi connectivity index (χ3v) is 7.28. The first-order valence-electron chi connectivity index (χ1n) is 11.6. The van der Waals surface area contributed by atoms with Gasteiger partial charge < -0.3 is 26.0 Å². The van der Waals surface area contributed by atoms with Gasteiger partial charge in [-0.1, -0.05) is 23.8 Å². The summed E-state index contributed by atoms with van der Waals surface area (Å²) >= 11 is 6.46. The molecule has 2 heterocycles.